The molecule has 0 radical (unpaired) electrons. The molecule has 0 saturated carbocycles. The van der Waals surface area contributed by atoms with Crippen LogP contribution in [0.5, 0.6) is 0 Å². The zero-order valence-corrected chi connectivity index (χ0v) is 12.4. The Bertz CT molecular complexity index is 239. The highest BCUT2D eigenvalue weighted by Gasteiger charge is 2.22. The van der Waals surface area contributed by atoms with Gasteiger partial charge in [0.25, 0.3) is 0 Å². The molecule has 17 heavy (non-hydrogen) atoms. The average Bonchev–Trinajstić information content (AvgIpc) is 2.25. The predicted octanol–water partition coefficient (Wildman–Crippen LogP) is 1.22. The van der Waals surface area contributed by atoms with E-state index in [2.05, 4.69) is 36.3 Å². The summed E-state index contributed by atoms with van der Waals surface area (Å²) in [5, 5.41) is 6.26. The van der Waals surface area contributed by atoms with Gasteiger partial charge in [-0.2, -0.15) is 0 Å². The molecule has 4 nitrogen and oxygen atoms in total. The lowest BCUT2D eigenvalue weighted by molar-refractivity contribution is -0.123. The first kappa shape index (κ1) is 16.4. The Hall–Kier alpha value is -0.610. The van der Waals surface area contributed by atoms with Gasteiger partial charge in [-0.05, 0) is 48.2 Å². The van der Waals surface area contributed by atoms with Crippen LogP contribution in [0.2, 0.25) is 0 Å². The first-order valence-electron chi connectivity index (χ1n) is 6.42. The van der Waals surface area contributed by atoms with Gasteiger partial charge in [-0.3, -0.25) is 4.79 Å². The summed E-state index contributed by atoms with van der Waals surface area (Å²) in [7, 11) is 4.09. The SMILES string of the molecule is CCC(C)NC(=O)C(C)NCC(C)(C)N(C)C. The zero-order valence-electron chi connectivity index (χ0n) is 12.4. The van der Waals surface area contributed by atoms with Crippen LogP contribution < -0.4 is 10.6 Å². The number of likely N-dealkylation sites (N-methyl/N-ethyl adjacent to an activating group) is 1. The largest absolute Gasteiger partial charge is 0.352 e. The number of carbonyl (C=O) groups is 1. The second-order valence-corrected chi connectivity index (χ2v) is 5.63. The molecule has 0 aliphatic heterocycles. The molecule has 0 saturated heterocycles. The second kappa shape index (κ2) is 6.97. The Morgan fingerprint density at radius 1 is 1.29 bits per heavy atom. The van der Waals surface area contributed by atoms with E-state index in [0.29, 0.717) is 0 Å². The summed E-state index contributed by atoms with van der Waals surface area (Å²) >= 11 is 0. The molecule has 4 heteroatoms. The summed E-state index contributed by atoms with van der Waals surface area (Å²) in [6.07, 6.45) is 0.960. The Balaban J connectivity index is 4.10. The molecule has 2 atom stereocenters. The van der Waals surface area contributed by atoms with E-state index in [1.165, 1.54) is 0 Å². The van der Waals surface area contributed by atoms with E-state index in [1.54, 1.807) is 0 Å². The van der Waals surface area contributed by atoms with Crippen molar-refractivity contribution >= 4 is 5.91 Å². The maximum Gasteiger partial charge on any atom is 0.237 e. The number of carbonyl (C=O) groups excluding carboxylic acids is 1. The van der Waals surface area contributed by atoms with Gasteiger partial charge in [-0.25, -0.2) is 0 Å². The number of hydrogen-bond acceptors (Lipinski definition) is 3. The summed E-state index contributed by atoms with van der Waals surface area (Å²) in [6, 6.07) is 0.0943. The third-order valence-corrected chi connectivity index (χ3v) is 3.45. The van der Waals surface area contributed by atoms with Crippen molar-refractivity contribution in [1.29, 1.82) is 0 Å². The molecule has 0 rings (SSSR count). The maximum atomic E-state index is 11.8. The van der Waals surface area contributed by atoms with Crippen LogP contribution >= 0.6 is 0 Å². The second-order valence-electron chi connectivity index (χ2n) is 5.63. The summed E-state index contributed by atoms with van der Waals surface area (Å²) < 4.78 is 0. The van der Waals surface area contributed by atoms with Crippen molar-refractivity contribution in [2.45, 2.75) is 58.7 Å². The lowest BCUT2D eigenvalue weighted by atomic mass is 10.0. The van der Waals surface area contributed by atoms with Crippen molar-refractivity contribution in [3.8, 4) is 0 Å². The minimum atomic E-state index is -0.150. The molecule has 0 spiro atoms. The van der Waals surface area contributed by atoms with E-state index in [1.807, 2.05) is 27.9 Å². The summed E-state index contributed by atoms with van der Waals surface area (Å²) in [5.74, 6) is 0.0777. The predicted molar refractivity (Wildman–Crippen MR) is 73.1 cm³/mol. The van der Waals surface area contributed by atoms with E-state index < -0.39 is 0 Å². The third-order valence-electron chi connectivity index (χ3n) is 3.45. The fourth-order valence-electron chi connectivity index (χ4n) is 1.12. The molecule has 2 unspecified atom stereocenters. The molecule has 0 aliphatic rings. The van der Waals surface area contributed by atoms with Crippen molar-refractivity contribution in [2.24, 2.45) is 0 Å². The van der Waals surface area contributed by atoms with E-state index >= 15 is 0 Å². The minimum Gasteiger partial charge on any atom is -0.352 e. The Kier molecular flexibility index (Phi) is 6.72. The quantitative estimate of drug-likeness (QED) is 0.706. The van der Waals surface area contributed by atoms with Crippen LogP contribution in [0.1, 0.15) is 41.0 Å². The van der Waals surface area contributed by atoms with Gasteiger partial charge in [0.2, 0.25) is 5.91 Å². The van der Waals surface area contributed by atoms with E-state index in [0.717, 1.165) is 13.0 Å². The first-order chi connectivity index (χ1) is 7.70. The number of amides is 1. The highest BCUT2D eigenvalue weighted by atomic mass is 16.2. The number of nitrogens with one attached hydrogen (secondary N) is 2. The topological polar surface area (TPSA) is 44.4 Å². The van der Waals surface area contributed by atoms with Crippen LogP contribution in [0.25, 0.3) is 0 Å². The van der Waals surface area contributed by atoms with Crippen molar-refractivity contribution in [3.63, 3.8) is 0 Å². The molecule has 0 aromatic heterocycles. The van der Waals surface area contributed by atoms with E-state index in [4.69, 9.17) is 0 Å². The molecular formula is C13H29N3O. The van der Waals surface area contributed by atoms with Gasteiger partial charge in [0, 0.05) is 18.1 Å². The average molecular weight is 243 g/mol. The number of nitrogens with zero attached hydrogens (tertiary/aromatic N) is 1. The number of hydrogen-bond donors (Lipinski definition) is 2. The Morgan fingerprint density at radius 3 is 2.24 bits per heavy atom. The summed E-state index contributed by atoms with van der Waals surface area (Å²) in [6.45, 7) is 11.1. The smallest absolute Gasteiger partial charge is 0.237 e. The van der Waals surface area contributed by atoms with Crippen molar-refractivity contribution in [2.75, 3.05) is 20.6 Å². The lowest BCUT2D eigenvalue weighted by Gasteiger charge is -2.33. The monoisotopic (exact) mass is 243 g/mol. The Morgan fingerprint density at radius 2 is 1.82 bits per heavy atom. The standard InChI is InChI=1S/C13H29N3O/c1-8-10(2)15-12(17)11(3)14-9-13(4,5)16(6)7/h10-11,14H,8-9H2,1-7H3,(H,15,17). The highest BCUT2D eigenvalue weighted by Crippen LogP contribution is 2.08. The summed E-state index contributed by atoms with van der Waals surface area (Å²) in [5.41, 5.74) is 0.0465. The molecule has 0 heterocycles. The fraction of sp³-hybridized carbons (Fsp3) is 0.923. The van der Waals surface area contributed by atoms with Gasteiger partial charge in [0.15, 0.2) is 0 Å². The van der Waals surface area contributed by atoms with Crippen LogP contribution in [-0.2, 0) is 4.79 Å². The van der Waals surface area contributed by atoms with Crippen LogP contribution in [0.4, 0.5) is 0 Å². The van der Waals surface area contributed by atoms with Gasteiger partial charge >= 0.3 is 0 Å². The normalized spacial score (nSPS) is 15.8. The van der Waals surface area contributed by atoms with Gasteiger partial charge in [-0.1, -0.05) is 6.92 Å². The highest BCUT2D eigenvalue weighted by molar-refractivity contribution is 5.81. The Labute approximate surface area is 106 Å². The lowest BCUT2D eigenvalue weighted by Crippen LogP contribution is -2.52. The molecular weight excluding hydrogens is 214 g/mol. The van der Waals surface area contributed by atoms with E-state index in [9.17, 15) is 4.79 Å². The molecule has 0 aromatic carbocycles. The summed E-state index contributed by atoms with van der Waals surface area (Å²) in [4.78, 5) is 14.0. The molecule has 0 aromatic rings. The number of rotatable bonds is 7. The minimum absolute atomic E-state index is 0.0465. The van der Waals surface area contributed by atoms with Gasteiger partial charge in [-0.15, -0.1) is 0 Å². The van der Waals surface area contributed by atoms with Crippen LogP contribution in [0.15, 0.2) is 0 Å². The first-order valence-corrected chi connectivity index (χ1v) is 6.42. The molecule has 102 valence electrons. The van der Waals surface area contributed by atoms with Crippen LogP contribution in [-0.4, -0.2) is 49.1 Å². The molecule has 1 amide bonds. The molecule has 0 aliphatic carbocycles. The molecule has 0 bridgehead atoms. The maximum absolute atomic E-state index is 11.8. The van der Waals surface area contributed by atoms with Crippen LogP contribution in [0, 0.1) is 0 Å². The van der Waals surface area contributed by atoms with Gasteiger partial charge in [0.1, 0.15) is 0 Å². The van der Waals surface area contributed by atoms with Crippen LogP contribution in [0.3, 0.4) is 0 Å². The van der Waals surface area contributed by atoms with Crippen molar-refractivity contribution in [1.82, 2.24) is 15.5 Å². The van der Waals surface area contributed by atoms with E-state index in [-0.39, 0.29) is 23.5 Å². The third kappa shape index (κ3) is 6.03. The molecule has 2 N–H and O–H groups in total. The van der Waals surface area contributed by atoms with Gasteiger partial charge in [0.05, 0.1) is 6.04 Å². The fourth-order valence-corrected chi connectivity index (χ4v) is 1.12. The van der Waals surface area contributed by atoms with Crippen molar-refractivity contribution in [3.05, 3.63) is 0 Å². The van der Waals surface area contributed by atoms with Gasteiger partial charge < -0.3 is 15.5 Å². The molecule has 0 fully saturated rings. The van der Waals surface area contributed by atoms with Crippen molar-refractivity contribution < 1.29 is 4.79 Å². The zero-order chi connectivity index (χ0) is 13.6.